The van der Waals surface area contributed by atoms with Crippen molar-refractivity contribution >= 4 is 22.7 Å². The minimum Gasteiger partial charge on any atom is -0.378 e. The first-order valence-electron chi connectivity index (χ1n) is 11.3. The molecule has 35 heavy (non-hydrogen) atoms. The first kappa shape index (κ1) is 23.1. The Balaban J connectivity index is 1.60. The Morgan fingerprint density at radius 1 is 1.23 bits per heavy atom. The summed E-state index contributed by atoms with van der Waals surface area (Å²) in [4.78, 5) is 25.9. The largest absolute Gasteiger partial charge is 0.378 e. The first-order chi connectivity index (χ1) is 16.8. The number of nitrogens with zero attached hydrogens (tertiary/aromatic N) is 5. The van der Waals surface area contributed by atoms with Crippen LogP contribution < -0.4 is 16.2 Å². The van der Waals surface area contributed by atoms with Gasteiger partial charge < -0.3 is 15.7 Å². The van der Waals surface area contributed by atoms with Crippen molar-refractivity contribution in [2.24, 2.45) is 0 Å². The van der Waals surface area contributed by atoms with Gasteiger partial charge in [-0.05, 0) is 62.2 Å². The maximum absolute atomic E-state index is 13.4. The van der Waals surface area contributed by atoms with Crippen LogP contribution in [0.4, 0.5) is 20.4 Å². The van der Waals surface area contributed by atoms with E-state index in [0.717, 1.165) is 32.1 Å². The molecule has 4 heterocycles. The van der Waals surface area contributed by atoms with Crippen LogP contribution in [0.2, 0.25) is 0 Å². The number of benzene rings is 1. The molecule has 5 rings (SSSR count). The average molecular weight is 482 g/mol. The van der Waals surface area contributed by atoms with Crippen molar-refractivity contribution in [3.05, 3.63) is 69.9 Å². The van der Waals surface area contributed by atoms with Crippen LogP contribution in [0.3, 0.4) is 0 Å². The molecule has 9 nitrogen and oxygen atoms in total. The molecule has 0 amide bonds. The minimum atomic E-state index is -3.04. The number of halogens is 2. The summed E-state index contributed by atoms with van der Waals surface area (Å²) in [7, 11) is 0. The maximum atomic E-state index is 13.4. The van der Waals surface area contributed by atoms with Gasteiger partial charge in [0.2, 0.25) is 5.95 Å². The molecular weight excluding hydrogens is 456 g/mol. The summed E-state index contributed by atoms with van der Waals surface area (Å²) in [6, 6.07) is 8.98. The summed E-state index contributed by atoms with van der Waals surface area (Å²) in [5, 5.41) is 17.1. The highest BCUT2D eigenvalue weighted by atomic mass is 19.3. The third kappa shape index (κ3) is 4.06. The van der Waals surface area contributed by atoms with E-state index in [9.17, 15) is 18.7 Å². The number of aliphatic hydroxyl groups is 1. The number of nitrogens with one attached hydrogen (secondary N) is 2. The van der Waals surface area contributed by atoms with E-state index in [1.54, 1.807) is 13.0 Å². The van der Waals surface area contributed by atoms with Gasteiger partial charge in [0.25, 0.3) is 12.0 Å². The number of alkyl halides is 2. The lowest BCUT2D eigenvalue weighted by molar-refractivity contribution is -0.0910. The summed E-state index contributed by atoms with van der Waals surface area (Å²) < 4.78 is 29.8. The van der Waals surface area contributed by atoms with E-state index >= 15 is 0 Å². The van der Waals surface area contributed by atoms with Gasteiger partial charge in [-0.3, -0.25) is 9.78 Å². The van der Waals surface area contributed by atoms with E-state index in [1.807, 2.05) is 6.07 Å². The van der Waals surface area contributed by atoms with E-state index < -0.39 is 12.0 Å². The summed E-state index contributed by atoms with van der Waals surface area (Å²) >= 11 is 0. The molecule has 0 aliphatic carbocycles. The Morgan fingerprint density at radius 3 is 2.83 bits per heavy atom. The smallest absolute Gasteiger partial charge is 0.278 e. The molecule has 0 bridgehead atoms. The van der Waals surface area contributed by atoms with Crippen LogP contribution in [0.5, 0.6) is 0 Å². The average Bonchev–Trinajstić information content (AvgIpc) is 3.14. The Kier molecular flexibility index (Phi) is 5.81. The van der Waals surface area contributed by atoms with Crippen LogP contribution in [-0.2, 0) is 25.1 Å². The zero-order valence-corrected chi connectivity index (χ0v) is 19.3. The van der Waals surface area contributed by atoms with Crippen LogP contribution in [0.15, 0.2) is 47.5 Å². The molecule has 1 aliphatic heterocycles. The van der Waals surface area contributed by atoms with Crippen LogP contribution in [0.25, 0.3) is 16.7 Å². The second kappa shape index (κ2) is 8.82. The van der Waals surface area contributed by atoms with Crippen molar-refractivity contribution in [1.82, 2.24) is 29.6 Å². The molecule has 1 aliphatic rings. The SMILES string of the molecule is CCn1c(=O)c2cnc(Nc3ccc4c(c3)CCNC4)nc2n1-c1ccnc(C(C)(O)C(F)F)c1. The van der Waals surface area contributed by atoms with Gasteiger partial charge in [-0.2, -0.15) is 4.98 Å². The highest BCUT2D eigenvalue weighted by molar-refractivity contribution is 5.77. The molecule has 0 spiro atoms. The van der Waals surface area contributed by atoms with Crippen molar-refractivity contribution in [2.45, 2.75) is 45.4 Å². The quantitative estimate of drug-likeness (QED) is 0.389. The second-order valence-electron chi connectivity index (χ2n) is 8.65. The van der Waals surface area contributed by atoms with E-state index in [1.165, 1.54) is 39.0 Å². The third-order valence-corrected chi connectivity index (χ3v) is 6.26. The maximum Gasteiger partial charge on any atom is 0.278 e. The zero-order valence-electron chi connectivity index (χ0n) is 19.3. The van der Waals surface area contributed by atoms with Gasteiger partial charge in [-0.1, -0.05) is 6.07 Å². The fourth-order valence-corrected chi connectivity index (χ4v) is 4.26. The lowest BCUT2D eigenvalue weighted by Crippen LogP contribution is -2.31. The van der Waals surface area contributed by atoms with E-state index in [4.69, 9.17) is 0 Å². The second-order valence-corrected chi connectivity index (χ2v) is 8.65. The van der Waals surface area contributed by atoms with Crippen molar-refractivity contribution in [3.8, 4) is 5.69 Å². The van der Waals surface area contributed by atoms with Crippen molar-refractivity contribution < 1.29 is 13.9 Å². The molecular formula is C24H25F2N7O2. The van der Waals surface area contributed by atoms with E-state index in [2.05, 4.69) is 37.7 Å². The summed E-state index contributed by atoms with van der Waals surface area (Å²) in [5.74, 6) is 0.294. The zero-order chi connectivity index (χ0) is 24.7. The van der Waals surface area contributed by atoms with Gasteiger partial charge in [-0.15, -0.1) is 0 Å². The number of hydrogen-bond acceptors (Lipinski definition) is 7. The van der Waals surface area contributed by atoms with Gasteiger partial charge in [0.1, 0.15) is 5.39 Å². The molecule has 1 unspecified atom stereocenters. The van der Waals surface area contributed by atoms with Crippen LogP contribution in [0.1, 0.15) is 30.7 Å². The lowest BCUT2D eigenvalue weighted by Gasteiger charge is -2.22. The van der Waals surface area contributed by atoms with Gasteiger partial charge in [-0.25, -0.2) is 23.1 Å². The summed E-state index contributed by atoms with van der Waals surface area (Å²) in [6.45, 7) is 4.86. The third-order valence-electron chi connectivity index (χ3n) is 6.26. The molecule has 0 radical (unpaired) electrons. The predicted molar refractivity (Wildman–Crippen MR) is 127 cm³/mol. The number of fused-ring (bicyclic) bond motifs is 2. The number of anilines is 2. The topological polar surface area (TPSA) is 110 Å². The fourth-order valence-electron chi connectivity index (χ4n) is 4.26. The van der Waals surface area contributed by atoms with Crippen LogP contribution in [-0.4, -0.2) is 42.4 Å². The molecule has 0 fully saturated rings. The summed E-state index contributed by atoms with van der Waals surface area (Å²) in [5.41, 5.74) is 1.04. The highest BCUT2D eigenvalue weighted by Crippen LogP contribution is 2.28. The number of rotatable bonds is 6. The molecule has 182 valence electrons. The highest BCUT2D eigenvalue weighted by Gasteiger charge is 2.36. The molecule has 0 saturated carbocycles. The first-order valence-corrected chi connectivity index (χ1v) is 11.3. The predicted octanol–water partition coefficient (Wildman–Crippen LogP) is 2.86. The fraction of sp³-hybridized carbons (Fsp3) is 0.333. The molecule has 1 aromatic carbocycles. The monoisotopic (exact) mass is 481 g/mol. The van der Waals surface area contributed by atoms with Crippen molar-refractivity contribution in [1.29, 1.82) is 0 Å². The Labute approximate surface area is 199 Å². The minimum absolute atomic E-state index is 0.210. The standard InChI is InChI=1S/C24H25F2N7O2/c1-3-32-21(34)18-13-29-23(30-16-5-4-15-12-27-8-6-14(15)10-16)31-20(18)33(32)17-7-9-28-19(11-17)24(2,35)22(25)26/h4-5,7,9-11,13,22,27,35H,3,6,8,12H2,1-2H3,(H,29,30,31). The molecule has 11 heteroatoms. The Hall–Kier alpha value is -3.70. The number of hydrogen-bond donors (Lipinski definition) is 3. The molecule has 4 aromatic rings. The molecule has 3 aromatic heterocycles. The summed E-state index contributed by atoms with van der Waals surface area (Å²) in [6.07, 6.45) is 0.664. The van der Waals surface area contributed by atoms with Crippen LogP contribution >= 0.6 is 0 Å². The van der Waals surface area contributed by atoms with Gasteiger partial charge in [0.15, 0.2) is 11.2 Å². The van der Waals surface area contributed by atoms with Crippen LogP contribution in [0, 0.1) is 0 Å². The van der Waals surface area contributed by atoms with Gasteiger partial charge in [0, 0.05) is 31.2 Å². The number of aromatic nitrogens is 5. The molecule has 0 saturated heterocycles. The Bertz CT molecular complexity index is 1460. The van der Waals surface area contributed by atoms with Gasteiger partial charge in [0.05, 0.1) is 11.4 Å². The van der Waals surface area contributed by atoms with E-state index in [-0.39, 0.29) is 16.6 Å². The van der Waals surface area contributed by atoms with Gasteiger partial charge >= 0.3 is 0 Å². The lowest BCUT2D eigenvalue weighted by atomic mass is 10.0. The van der Waals surface area contributed by atoms with E-state index in [0.29, 0.717) is 23.8 Å². The molecule has 1 atom stereocenters. The number of pyridine rings is 1. The van der Waals surface area contributed by atoms with Crippen molar-refractivity contribution in [3.63, 3.8) is 0 Å². The normalized spacial score (nSPS) is 15.3. The van der Waals surface area contributed by atoms with Crippen molar-refractivity contribution in [2.75, 3.05) is 11.9 Å². The molecule has 3 N–H and O–H groups in total. The Morgan fingerprint density at radius 2 is 2.06 bits per heavy atom.